The Bertz CT molecular complexity index is 454. The molecule has 1 saturated carbocycles. The van der Waals surface area contributed by atoms with Gasteiger partial charge in [0, 0.05) is 6.04 Å². The third-order valence-electron chi connectivity index (χ3n) is 3.93. The molecule has 0 heterocycles. The summed E-state index contributed by atoms with van der Waals surface area (Å²) in [6, 6.07) is 5.45. The first-order valence-corrected chi connectivity index (χ1v) is 6.93. The minimum absolute atomic E-state index is 0.141. The van der Waals surface area contributed by atoms with Crippen molar-refractivity contribution in [3.05, 3.63) is 23.8 Å². The molecular weight excluding hydrogens is 256 g/mol. The Morgan fingerprint density at radius 1 is 1.30 bits per heavy atom. The van der Waals surface area contributed by atoms with Crippen LogP contribution in [0.3, 0.4) is 0 Å². The van der Waals surface area contributed by atoms with Gasteiger partial charge in [-0.05, 0) is 37.4 Å². The summed E-state index contributed by atoms with van der Waals surface area (Å²) < 4.78 is 10.5. The molecule has 5 heteroatoms. The van der Waals surface area contributed by atoms with Crippen molar-refractivity contribution < 1.29 is 14.3 Å². The minimum atomic E-state index is -0.162. The number of carbonyl (C=O) groups excluding carboxylic acids is 1. The molecule has 5 nitrogen and oxygen atoms in total. The molecule has 1 fully saturated rings. The molecule has 0 bridgehead atoms. The SMILES string of the molecule is COc1cccc(OC)c1C(=O)NC1CCCC1CN. The van der Waals surface area contributed by atoms with E-state index in [-0.39, 0.29) is 11.9 Å². The van der Waals surface area contributed by atoms with Crippen LogP contribution >= 0.6 is 0 Å². The second-order valence-electron chi connectivity index (χ2n) is 5.04. The van der Waals surface area contributed by atoms with E-state index in [1.165, 1.54) is 0 Å². The molecule has 2 rings (SSSR count). The average molecular weight is 278 g/mol. The van der Waals surface area contributed by atoms with Crippen LogP contribution in [0.25, 0.3) is 0 Å². The van der Waals surface area contributed by atoms with Gasteiger partial charge in [0.05, 0.1) is 14.2 Å². The summed E-state index contributed by atoms with van der Waals surface area (Å²) >= 11 is 0. The summed E-state index contributed by atoms with van der Waals surface area (Å²) in [5.41, 5.74) is 6.19. The Balaban J connectivity index is 2.20. The molecule has 20 heavy (non-hydrogen) atoms. The van der Waals surface area contributed by atoms with Gasteiger partial charge < -0.3 is 20.5 Å². The molecule has 1 amide bonds. The number of nitrogens with one attached hydrogen (secondary N) is 1. The van der Waals surface area contributed by atoms with Crippen molar-refractivity contribution in [3.8, 4) is 11.5 Å². The first-order chi connectivity index (χ1) is 9.71. The standard InChI is InChI=1S/C15H22N2O3/c1-19-12-7-4-8-13(20-2)14(12)15(18)17-11-6-3-5-10(11)9-16/h4,7-8,10-11H,3,5-6,9,16H2,1-2H3,(H,17,18). The predicted molar refractivity (Wildman–Crippen MR) is 77.2 cm³/mol. The van der Waals surface area contributed by atoms with Gasteiger partial charge in [0.1, 0.15) is 17.1 Å². The van der Waals surface area contributed by atoms with E-state index < -0.39 is 0 Å². The third-order valence-corrected chi connectivity index (χ3v) is 3.93. The molecule has 0 aliphatic heterocycles. The lowest BCUT2D eigenvalue weighted by molar-refractivity contribution is 0.0922. The predicted octanol–water partition coefficient (Wildman–Crippen LogP) is 1.56. The van der Waals surface area contributed by atoms with E-state index >= 15 is 0 Å². The van der Waals surface area contributed by atoms with E-state index in [2.05, 4.69) is 5.32 Å². The Morgan fingerprint density at radius 2 is 1.95 bits per heavy atom. The van der Waals surface area contributed by atoms with E-state index in [0.29, 0.717) is 29.5 Å². The van der Waals surface area contributed by atoms with Crippen molar-refractivity contribution in [1.82, 2.24) is 5.32 Å². The highest BCUT2D eigenvalue weighted by atomic mass is 16.5. The highest BCUT2D eigenvalue weighted by Gasteiger charge is 2.29. The number of carbonyl (C=O) groups is 1. The number of ether oxygens (including phenoxy) is 2. The van der Waals surface area contributed by atoms with Gasteiger partial charge in [-0.3, -0.25) is 4.79 Å². The lowest BCUT2D eigenvalue weighted by atomic mass is 10.0. The molecule has 0 saturated heterocycles. The maximum absolute atomic E-state index is 12.5. The Labute approximate surface area is 119 Å². The Hall–Kier alpha value is -1.75. The summed E-state index contributed by atoms with van der Waals surface area (Å²) in [7, 11) is 3.09. The van der Waals surface area contributed by atoms with Crippen LogP contribution in [-0.4, -0.2) is 32.7 Å². The largest absolute Gasteiger partial charge is 0.496 e. The van der Waals surface area contributed by atoms with Gasteiger partial charge in [0.15, 0.2) is 0 Å². The van der Waals surface area contributed by atoms with Gasteiger partial charge in [-0.2, -0.15) is 0 Å². The monoisotopic (exact) mass is 278 g/mol. The Morgan fingerprint density at radius 3 is 2.50 bits per heavy atom. The second kappa shape index (κ2) is 6.61. The third kappa shape index (κ3) is 2.88. The van der Waals surface area contributed by atoms with E-state index in [4.69, 9.17) is 15.2 Å². The van der Waals surface area contributed by atoms with Crippen LogP contribution in [0, 0.1) is 5.92 Å². The van der Waals surface area contributed by atoms with Crippen molar-refractivity contribution in [1.29, 1.82) is 0 Å². The van der Waals surface area contributed by atoms with Crippen LogP contribution in [0.4, 0.5) is 0 Å². The van der Waals surface area contributed by atoms with E-state index in [0.717, 1.165) is 19.3 Å². The molecule has 0 spiro atoms. The number of hydrogen-bond acceptors (Lipinski definition) is 4. The van der Waals surface area contributed by atoms with Crippen molar-refractivity contribution in [2.45, 2.75) is 25.3 Å². The minimum Gasteiger partial charge on any atom is -0.496 e. The van der Waals surface area contributed by atoms with Gasteiger partial charge in [0.2, 0.25) is 0 Å². The normalized spacial score (nSPS) is 21.6. The number of benzene rings is 1. The van der Waals surface area contributed by atoms with Crippen LogP contribution in [0.15, 0.2) is 18.2 Å². The second-order valence-corrected chi connectivity index (χ2v) is 5.04. The van der Waals surface area contributed by atoms with E-state index in [1.54, 1.807) is 32.4 Å². The zero-order valence-electron chi connectivity index (χ0n) is 12.0. The highest BCUT2D eigenvalue weighted by molar-refractivity contribution is 5.99. The summed E-state index contributed by atoms with van der Waals surface area (Å²) in [6.07, 6.45) is 3.16. The molecular formula is C15H22N2O3. The molecule has 2 unspecified atom stereocenters. The molecule has 3 N–H and O–H groups in total. The topological polar surface area (TPSA) is 73.6 Å². The number of hydrogen-bond donors (Lipinski definition) is 2. The summed E-state index contributed by atoms with van der Waals surface area (Å²) in [5, 5.41) is 3.07. The van der Waals surface area contributed by atoms with Crippen molar-refractivity contribution in [2.24, 2.45) is 11.7 Å². The molecule has 110 valence electrons. The van der Waals surface area contributed by atoms with Crippen LogP contribution in [0.2, 0.25) is 0 Å². The maximum atomic E-state index is 12.5. The van der Waals surface area contributed by atoms with Crippen LogP contribution < -0.4 is 20.5 Å². The van der Waals surface area contributed by atoms with Crippen molar-refractivity contribution >= 4 is 5.91 Å². The quantitative estimate of drug-likeness (QED) is 0.857. The van der Waals surface area contributed by atoms with E-state index in [1.807, 2.05) is 0 Å². The number of methoxy groups -OCH3 is 2. The summed E-state index contributed by atoms with van der Waals surface area (Å²) in [6.45, 7) is 0.605. The number of amides is 1. The van der Waals surface area contributed by atoms with Crippen LogP contribution in [0.1, 0.15) is 29.6 Å². The highest BCUT2D eigenvalue weighted by Crippen LogP contribution is 2.30. The molecule has 1 aromatic carbocycles. The number of nitrogens with two attached hydrogens (primary N) is 1. The number of rotatable bonds is 5. The molecule has 2 atom stereocenters. The molecule has 0 aromatic heterocycles. The first kappa shape index (κ1) is 14.7. The fourth-order valence-electron chi connectivity index (χ4n) is 2.82. The van der Waals surface area contributed by atoms with Crippen LogP contribution in [-0.2, 0) is 0 Å². The average Bonchev–Trinajstić information content (AvgIpc) is 2.93. The van der Waals surface area contributed by atoms with Gasteiger partial charge >= 0.3 is 0 Å². The van der Waals surface area contributed by atoms with Crippen molar-refractivity contribution in [3.63, 3.8) is 0 Å². The van der Waals surface area contributed by atoms with Gasteiger partial charge in [-0.25, -0.2) is 0 Å². The zero-order valence-corrected chi connectivity index (χ0v) is 12.0. The van der Waals surface area contributed by atoms with Gasteiger partial charge in [-0.15, -0.1) is 0 Å². The molecule has 1 aliphatic rings. The lowest BCUT2D eigenvalue weighted by Gasteiger charge is -2.21. The van der Waals surface area contributed by atoms with Crippen molar-refractivity contribution in [2.75, 3.05) is 20.8 Å². The molecule has 0 radical (unpaired) electrons. The zero-order chi connectivity index (χ0) is 14.5. The van der Waals surface area contributed by atoms with Gasteiger partial charge in [-0.1, -0.05) is 12.5 Å². The lowest BCUT2D eigenvalue weighted by Crippen LogP contribution is -2.40. The van der Waals surface area contributed by atoms with Crippen LogP contribution in [0.5, 0.6) is 11.5 Å². The molecule has 1 aromatic rings. The summed E-state index contributed by atoms with van der Waals surface area (Å²) in [5.74, 6) is 1.23. The maximum Gasteiger partial charge on any atom is 0.259 e. The summed E-state index contributed by atoms with van der Waals surface area (Å²) in [4.78, 5) is 12.5. The molecule has 1 aliphatic carbocycles. The Kier molecular flexibility index (Phi) is 4.84. The van der Waals surface area contributed by atoms with E-state index in [9.17, 15) is 4.79 Å². The smallest absolute Gasteiger partial charge is 0.259 e. The van der Waals surface area contributed by atoms with Gasteiger partial charge in [0.25, 0.3) is 5.91 Å². The first-order valence-electron chi connectivity index (χ1n) is 6.93. The fourth-order valence-corrected chi connectivity index (χ4v) is 2.82. The fraction of sp³-hybridized carbons (Fsp3) is 0.533.